The third-order valence-corrected chi connectivity index (χ3v) is 2.67. The second kappa shape index (κ2) is 8.20. The zero-order chi connectivity index (χ0) is 10.9. The Bertz CT molecular complexity index is 214. The number of rotatable bonds is 9. The van der Waals surface area contributed by atoms with E-state index in [1.54, 1.807) is 0 Å². The lowest BCUT2D eigenvalue weighted by Gasteiger charge is -2.04. The monoisotopic (exact) mass is 223 g/mol. The Balaban J connectivity index is 3.07. The average Bonchev–Trinajstić information content (AvgIpc) is 2.08. The molecule has 0 rings (SSSR count). The molecular weight excluding hydrogens is 202 g/mol. The first-order valence-corrected chi connectivity index (χ1v) is 7.08. The van der Waals surface area contributed by atoms with Crippen molar-refractivity contribution in [1.82, 2.24) is 5.32 Å². The van der Waals surface area contributed by atoms with E-state index in [-0.39, 0.29) is 5.75 Å². The maximum atomic E-state index is 10.8. The highest BCUT2D eigenvalue weighted by atomic mass is 32.2. The lowest BCUT2D eigenvalue weighted by molar-refractivity contribution is 0.136. The van der Waals surface area contributed by atoms with Crippen molar-refractivity contribution in [2.75, 3.05) is 38.3 Å². The molecule has 0 aromatic carbocycles. The molecule has 0 radical (unpaired) electrons. The maximum Gasteiger partial charge on any atom is 0.147 e. The van der Waals surface area contributed by atoms with Gasteiger partial charge in [0.05, 0.1) is 12.4 Å². The van der Waals surface area contributed by atoms with Crippen LogP contribution in [-0.4, -0.2) is 46.7 Å². The molecular formula is C9H21NO3S. The van der Waals surface area contributed by atoms with Crippen LogP contribution in [0.1, 0.15) is 19.8 Å². The zero-order valence-electron chi connectivity index (χ0n) is 9.08. The number of ether oxygens (including phenoxy) is 1. The summed E-state index contributed by atoms with van der Waals surface area (Å²) in [5, 5.41) is 3.13. The van der Waals surface area contributed by atoms with Gasteiger partial charge in [-0.1, -0.05) is 6.92 Å². The molecule has 0 aliphatic heterocycles. The van der Waals surface area contributed by atoms with Gasteiger partial charge in [0.1, 0.15) is 9.84 Å². The molecule has 0 aliphatic rings. The van der Waals surface area contributed by atoms with E-state index < -0.39 is 9.84 Å². The SMILES string of the molecule is CCCOCCNCCCS(C)(=O)=O. The lowest BCUT2D eigenvalue weighted by Crippen LogP contribution is -2.22. The molecule has 0 atom stereocenters. The Morgan fingerprint density at radius 1 is 1.21 bits per heavy atom. The van der Waals surface area contributed by atoms with Crippen LogP contribution in [0.5, 0.6) is 0 Å². The van der Waals surface area contributed by atoms with Crippen LogP contribution in [0.4, 0.5) is 0 Å². The summed E-state index contributed by atoms with van der Waals surface area (Å²) in [5.74, 6) is 0.260. The van der Waals surface area contributed by atoms with Crippen molar-refractivity contribution in [2.45, 2.75) is 19.8 Å². The van der Waals surface area contributed by atoms with Crippen LogP contribution < -0.4 is 5.32 Å². The topological polar surface area (TPSA) is 55.4 Å². The molecule has 86 valence electrons. The highest BCUT2D eigenvalue weighted by Gasteiger charge is 1.99. The van der Waals surface area contributed by atoms with E-state index in [4.69, 9.17) is 4.74 Å². The number of sulfone groups is 1. The summed E-state index contributed by atoms with van der Waals surface area (Å²) in [6, 6.07) is 0. The highest BCUT2D eigenvalue weighted by molar-refractivity contribution is 7.90. The first-order chi connectivity index (χ1) is 6.56. The molecule has 0 aliphatic carbocycles. The highest BCUT2D eigenvalue weighted by Crippen LogP contribution is 1.86. The normalized spacial score (nSPS) is 11.9. The van der Waals surface area contributed by atoms with Gasteiger partial charge in [-0.3, -0.25) is 0 Å². The van der Waals surface area contributed by atoms with Crippen LogP contribution in [-0.2, 0) is 14.6 Å². The van der Waals surface area contributed by atoms with Crippen molar-refractivity contribution in [2.24, 2.45) is 0 Å². The van der Waals surface area contributed by atoms with Crippen molar-refractivity contribution in [3.8, 4) is 0 Å². The summed E-state index contributed by atoms with van der Waals surface area (Å²) in [6.07, 6.45) is 2.97. The minimum Gasteiger partial charge on any atom is -0.380 e. The van der Waals surface area contributed by atoms with Gasteiger partial charge in [-0.05, 0) is 19.4 Å². The molecule has 5 heteroatoms. The van der Waals surface area contributed by atoms with E-state index in [1.807, 2.05) is 0 Å². The van der Waals surface area contributed by atoms with E-state index >= 15 is 0 Å². The molecule has 1 N–H and O–H groups in total. The van der Waals surface area contributed by atoms with E-state index in [1.165, 1.54) is 6.26 Å². The quantitative estimate of drug-likeness (QED) is 0.576. The first-order valence-electron chi connectivity index (χ1n) is 5.02. The summed E-state index contributed by atoms with van der Waals surface area (Å²) < 4.78 is 26.8. The predicted octanol–water partition coefficient (Wildman–Crippen LogP) is 0.437. The smallest absolute Gasteiger partial charge is 0.147 e. The molecule has 0 amide bonds. The Morgan fingerprint density at radius 3 is 2.50 bits per heavy atom. The molecule has 0 saturated carbocycles. The van der Waals surface area contributed by atoms with E-state index in [9.17, 15) is 8.42 Å². The van der Waals surface area contributed by atoms with Crippen molar-refractivity contribution in [3.63, 3.8) is 0 Å². The molecule has 0 fully saturated rings. The summed E-state index contributed by atoms with van der Waals surface area (Å²) in [4.78, 5) is 0. The molecule has 0 saturated heterocycles. The third kappa shape index (κ3) is 11.9. The molecule has 0 heterocycles. The van der Waals surface area contributed by atoms with E-state index in [2.05, 4.69) is 12.2 Å². The summed E-state index contributed by atoms with van der Waals surface area (Å²) >= 11 is 0. The van der Waals surface area contributed by atoms with Gasteiger partial charge in [-0.15, -0.1) is 0 Å². The third-order valence-electron chi connectivity index (χ3n) is 1.64. The van der Waals surface area contributed by atoms with Crippen LogP contribution in [0.3, 0.4) is 0 Å². The molecule has 0 unspecified atom stereocenters. The Morgan fingerprint density at radius 2 is 1.93 bits per heavy atom. The Hall–Kier alpha value is -0.130. The molecule has 0 aromatic rings. The van der Waals surface area contributed by atoms with Gasteiger partial charge in [0.15, 0.2) is 0 Å². The maximum absolute atomic E-state index is 10.8. The molecule has 14 heavy (non-hydrogen) atoms. The van der Waals surface area contributed by atoms with E-state index in [0.717, 1.165) is 26.1 Å². The van der Waals surface area contributed by atoms with Crippen LogP contribution >= 0.6 is 0 Å². The lowest BCUT2D eigenvalue weighted by atomic mass is 10.5. The van der Waals surface area contributed by atoms with Gasteiger partial charge >= 0.3 is 0 Å². The zero-order valence-corrected chi connectivity index (χ0v) is 9.90. The second-order valence-electron chi connectivity index (χ2n) is 3.35. The first kappa shape index (κ1) is 13.9. The molecule has 0 bridgehead atoms. The molecule has 0 aromatic heterocycles. The Labute approximate surface area is 86.9 Å². The van der Waals surface area contributed by atoms with E-state index in [0.29, 0.717) is 13.0 Å². The van der Waals surface area contributed by atoms with Crippen LogP contribution in [0.25, 0.3) is 0 Å². The predicted molar refractivity (Wildman–Crippen MR) is 58.3 cm³/mol. The average molecular weight is 223 g/mol. The fourth-order valence-corrected chi connectivity index (χ4v) is 1.64. The largest absolute Gasteiger partial charge is 0.380 e. The number of hydrogen-bond donors (Lipinski definition) is 1. The van der Waals surface area contributed by atoms with Gasteiger partial charge in [-0.2, -0.15) is 0 Å². The fourth-order valence-electron chi connectivity index (χ4n) is 0.975. The van der Waals surface area contributed by atoms with Crippen LogP contribution in [0.2, 0.25) is 0 Å². The number of nitrogens with one attached hydrogen (secondary N) is 1. The fraction of sp³-hybridized carbons (Fsp3) is 1.00. The summed E-state index contributed by atoms with van der Waals surface area (Å²) in [6.45, 7) is 5.10. The van der Waals surface area contributed by atoms with Gasteiger partial charge in [0.2, 0.25) is 0 Å². The minimum absolute atomic E-state index is 0.260. The van der Waals surface area contributed by atoms with Gasteiger partial charge < -0.3 is 10.1 Å². The second-order valence-corrected chi connectivity index (χ2v) is 5.61. The summed E-state index contributed by atoms with van der Waals surface area (Å²) in [7, 11) is -2.80. The molecule has 0 spiro atoms. The van der Waals surface area contributed by atoms with Crippen LogP contribution in [0.15, 0.2) is 0 Å². The van der Waals surface area contributed by atoms with Gasteiger partial charge in [0, 0.05) is 19.4 Å². The standard InChI is InChI=1S/C9H21NO3S/c1-3-7-13-8-6-10-5-4-9-14(2,11)12/h10H,3-9H2,1-2H3. The minimum atomic E-state index is -2.80. The van der Waals surface area contributed by atoms with Crippen molar-refractivity contribution in [3.05, 3.63) is 0 Å². The van der Waals surface area contributed by atoms with Crippen LogP contribution in [0, 0.1) is 0 Å². The van der Waals surface area contributed by atoms with Crippen molar-refractivity contribution >= 4 is 9.84 Å². The van der Waals surface area contributed by atoms with Gasteiger partial charge in [0.25, 0.3) is 0 Å². The molecule has 4 nitrogen and oxygen atoms in total. The van der Waals surface area contributed by atoms with Crippen molar-refractivity contribution < 1.29 is 13.2 Å². The van der Waals surface area contributed by atoms with Crippen molar-refractivity contribution in [1.29, 1.82) is 0 Å². The van der Waals surface area contributed by atoms with Gasteiger partial charge in [-0.25, -0.2) is 8.42 Å². The summed E-state index contributed by atoms with van der Waals surface area (Å²) in [5.41, 5.74) is 0. The Kier molecular flexibility index (Phi) is 8.12. The number of hydrogen-bond acceptors (Lipinski definition) is 4.